The van der Waals surface area contributed by atoms with Crippen LogP contribution in [0.4, 0.5) is 0 Å². The van der Waals surface area contributed by atoms with Crippen LogP contribution < -0.4 is 9.47 Å². The Morgan fingerprint density at radius 2 is 1.97 bits per heavy atom. The zero-order valence-corrected chi connectivity index (χ0v) is 16.7. The van der Waals surface area contributed by atoms with Crippen molar-refractivity contribution in [2.45, 2.75) is 19.3 Å². The number of rotatable bonds is 7. The van der Waals surface area contributed by atoms with E-state index in [0.717, 1.165) is 17.5 Å². The summed E-state index contributed by atoms with van der Waals surface area (Å²) in [6, 6.07) is 9.16. The van der Waals surface area contributed by atoms with E-state index in [0.29, 0.717) is 37.4 Å². The largest absolute Gasteiger partial charge is 0.497 e. The van der Waals surface area contributed by atoms with Crippen molar-refractivity contribution in [2.24, 2.45) is 0 Å². The van der Waals surface area contributed by atoms with Crippen LogP contribution in [0.25, 0.3) is 6.08 Å². The summed E-state index contributed by atoms with van der Waals surface area (Å²) < 4.78 is 10.6. The number of nitrogens with zero attached hydrogens (tertiary/aromatic N) is 3. The first kappa shape index (κ1) is 20.4. The molecule has 2 heterocycles. The maximum absolute atomic E-state index is 12.7. The fourth-order valence-corrected chi connectivity index (χ4v) is 3.24. The van der Waals surface area contributed by atoms with E-state index in [-0.39, 0.29) is 11.8 Å². The monoisotopic (exact) mass is 395 g/mol. The SMILES string of the molecule is COc1ccc(OC)c(/C=C/C(=O)N2CCCN2C(=O)CCc2cccnc2)c1. The molecule has 0 N–H and O–H groups in total. The smallest absolute Gasteiger partial charge is 0.265 e. The summed E-state index contributed by atoms with van der Waals surface area (Å²) in [6.45, 7) is 1.07. The van der Waals surface area contributed by atoms with E-state index < -0.39 is 0 Å². The predicted octanol–water partition coefficient (Wildman–Crippen LogP) is 2.72. The topological polar surface area (TPSA) is 72.0 Å². The van der Waals surface area contributed by atoms with Gasteiger partial charge in [-0.15, -0.1) is 0 Å². The number of ether oxygens (including phenoxy) is 2. The molecule has 3 rings (SSSR count). The Labute approximate surface area is 170 Å². The Morgan fingerprint density at radius 3 is 2.69 bits per heavy atom. The summed E-state index contributed by atoms with van der Waals surface area (Å²) in [6.07, 6.45) is 8.30. The Hall–Kier alpha value is -3.35. The number of amides is 2. The van der Waals surface area contributed by atoms with Crippen molar-refractivity contribution in [2.75, 3.05) is 27.3 Å². The van der Waals surface area contributed by atoms with Gasteiger partial charge in [0.05, 0.1) is 14.2 Å². The van der Waals surface area contributed by atoms with Gasteiger partial charge in [-0.3, -0.25) is 19.6 Å². The number of pyridine rings is 1. The maximum Gasteiger partial charge on any atom is 0.265 e. The molecule has 1 aromatic heterocycles. The van der Waals surface area contributed by atoms with Gasteiger partial charge in [-0.25, -0.2) is 5.01 Å². The Bertz CT molecular complexity index is 883. The third-order valence-corrected chi connectivity index (χ3v) is 4.77. The highest BCUT2D eigenvalue weighted by atomic mass is 16.5. The van der Waals surface area contributed by atoms with Crippen LogP contribution >= 0.6 is 0 Å². The average molecular weight is 395 g/mol. The van der Waals surface area contributed by atoms with Crippen molar-refractivity contribution in [3.8, 4) is 11.5 Å². The number of hydrazine groups is 1. The molecule has 0 spiro atoms. The van der Waals surface area contributed by atoms with E-state index in [1.165, 1.54) is 11.1 Å². The molecule has 0 saturated carbocycles. The zero-order valence-electron chi connectivity index (χ0n) is 16.7. The predicted molar refractivity (Wildman–Crippen MR) is 109 cm³/mol. The van der Waals surface area contributed by atoms with Gasteiger partial charge in [-0.1, -0.05) is 6.07 Å². The second-order valence-corrected chi connectivity index (χ2v) is 6.63. The highest BCUT2D eigenvalue weighted by molar-refractivity contribution is 5.93. The van der Waals surface area contributed by atoms with Crippen LogP contribution in [0.5, 0.6) is 11.5 Å². The average Bonchev–Trinajstić information content (AvgIpc) is 3.26. The summed E-state index contributed by atoms with van der Waals surface area (Å²) in [5.41, 5.74) is 1.73. The quantitative estimate of drug-likeness (QED) is 0.674. The molecule has 0 atom stereocenters. The number of hydrogen-bond acceptors (Lipinski definition) is 5. The molecule has 7 nitrogen and oxygen atoms in total. The molecule has 0 unspecified atom stereocenters. The van der Waals surface area contributed by atoms with Crippen LogP contribution in [0.15, 0.2) is 48.8 Å². The van der Waals surface area contributed by atoms with Crippen LogP contribution in [0.2, 0.25) is 0 Å². The molecule has 1 aliphatic rings. The Kier molecular flexibility index (Phi) is 6.84. The summed E-state index contributed by atoms with van der Waals surface area (Å²) in [5.74, 6) is 1.01. The second kappa shape index (κ2) is 9.73. The summed E-state index contributed by atoms with van der Waals surface area (Å²) in [4.78, 5) is 29.4. The summed E-state index contributed by atoms with van der Waals surface area (Å²) >= 11 is 0. The third kappa shape index (κ3) is 5.13. The van der Waals surface area contributed by atoms with Gasteiger partial charge in [0, 0.05) is 43.5 Å². The molecule has 0 aliphatic carbocycles. The number of hydrogen-bond donors (Lipinski definition) is 0. The molecule has 1 saturated heterocycles. The highest BCUT2D eigenvalue weighted by Gasteiger charge is 2.29. The molecule has 0 radical (unpaired) electrons. The van der Waals surface area contributed by atoms with Gasteiger partial charge >= 0.3 is 0 Å². The van der Waals surface area contributed by atoms with Crippen molar-refractivity contribution in [1.82, 2.24) is 15.0 Å². The normalized spacial score (nSPS) is 13.7. The van der Waals surface area contributed by atoms with Gasteiger partial charge in [-0.05, 0) is 48.7 Å². The van der Waals surface area contributed by atoms with Gasteiger partial charge in [-0.2, -0.15) is 0 Å². The Morgan fingerprint density at radius 1 is 1.14 bits per heavy atom. The van der Waals surface area contributed by atoms with E-state index >= 15 is 0 Å². The highest BCUT2D eigenvalue weighted by Crippen LogP contribution is 2.25. The standard InChI is InChI=1S/C22H25N3O4/c1-28-19-8-9-20(29-2)18(15-19)7-11-22(27)25-14-4-13-24(25)21(26)10-6-17-5-3-12-23-16-17/h3,5,7-9,11-12,15-16H,4,6,10,13-14H2,1-2H3/b11-7+. The van der Waals surface area contributed by atoms with Crippen molar-refractivity contribution in [1.29, 1.82) is 0 Å². The van der Waals surface area contributed by atoms with E-state index in [1.54, 1.807) is 55.9 Å². The molecule has 7 heteroatoms. The number of carbonyl (C=O) groups excluding carboxylic acids is 2. The van der Waals surface area contributed by atoms with Gasteiger partial charge in [0.15, 0.2) is 0 Å². The number of aryl methyl sites for hydroxylation is 1. The first-order valence-corrected chi connectivity index (χ1v) is 9.53. The molecule has 1 aromatic carbocycles. The second-order valence-electron chi connectivity index (χ2n) is 6.63. The lowest BCUT2D eigenvalue weighted by Gasteiger charge is -2.27. The first-order valence-electron chi connectivity index (χ1n) is 9.53. The van der Waals surface area contributed by atoms with Crippen molar-refractivity contribution < 1.29 is 19.1 Å². The number of aromatic nitrogens is 1. The minimum Gasteiger partial charge on any atom is -0.497 e. The van der Waals surface area contributed by atoms with Crippen molar-refractivity contribution >= 4 is 17.9 Å². The van der Waals surface area contributed by atoms with Gasteiger partial charge in [0.25, 0.3) is 5.91 Å². The van der Waals surface area contributed by atoms with Crippen LogP contribution in [0.1, 0.15) is 24.0 Å². The van der Waals surface area contributed by atoms with Gasteiger partial charge < -0.3 is 9.47 Å². The molecule has 0 bridgehead atoms. The molecule has 152 valence electrons. The van der Waals surface area contributed by atoms with Crippen molar-refractivity contribution in [3.05, 3.63) is 59.9 Å². The minimum absolute atomic E-state index is 0.0629. The van der Waals surface area contributed by atoms with Gasteiger partial charge in [0.1, 0.15) is 11.5 Å². The molecule has 2 amide bonds. The van der Waals surface area contributed by atoms with Crippen molar-refractivity contribution in [3.63, 3.8) is 0 Å². The van der Waals surface area contributed by atoms with E-state index in [4.69, 9.17) is 9.47 Å². The number of benzene rings is 1. The fourth-order valence-electron chi connectivity index (χ4n) is 3.24. The van der Waals surface area contributed by atoms with Crippen LogP contribution in [-0.4, -0.2) is 54.1 Å². The third-order valence-electron chi connectivity index (χ3n) is 4.77. The summed E-state index contributed by atoms with van der Waals surface area (Å²) in [7, 11) is 3.16. The van der Waals surface area contributed by atoms with E-state index in [1.807, 2.05) is 12.1 Å². The van der Waals surface area contributed by atoms with E-state index in [9.17, 15) is 9.59 Å². The molecule has 2 aromatic rings. The molecule has 1 aliphatic heterocycles. The van der Waals surface area contributed by atoms with Crippen LogP contribution in [-0.2, 0) is 16.0 Å². The molecular formula is C22H25N3O4. The lowest BCUT2D eigenvalue weighted by Crippen LogP contribution is -2.44. The summed E-state index contributed by atoms with van der Waals surface area (Å²) in [5, 5.41) is 3.06. The Balaban J connectivity index is 1.65. The fraction of sp³-hybridized carbons (Fsp3) is 0.318. The first-order chi connectivity index (χ1) is 14.1. The lowest BCUT2D eigenvalue weighted by molar-refractivity contribution is -0.154. The number of methoxy groups -OCH3 is 2. The zero-order chi connectivity index (χ0) is 20.6. The van der Waals surface area contributed by atoms with Crippen LogP contribution in [0, 0.1) is 0 Å². The molecule has 1 fully saturated rings. The number of carbonyl (C=O) groups is 2. The maximum atomic E-state index is 12.7. The molecular weight excluding hydrogens is 370 g/mol. The minimum atomic E-state index is -0.234. The van der Waals surface area contributed by atoms with Gasteiger partial charge in [0.2, 0.25) is 5.91 Å². The van der Waals surface area contributed by atoms with Crippen LogP contribution in [0.3, 0.4) is 0 Å². The molecule has 29 heavy (non-hydrogen) atoms. The lowest BCUT2D eigenvalue weighted by atomic mass is 10.1. The van der Waals surface area contributed by atoms with E-state index in [2.05, 4.69) is 4.98 Å².